The van der Waals surface area contributed by atoms with Gasteiger partial charge in [0.25, 0.3) is 0 Å². The van der Waals surface area contributed by atoms with Gasteiger partial charge in [-0.1, -0.05) is 12.1 Å². The van der Waals surface area contributed by atoms with Crippen molar-refractivity contribution < 1.29 is 9.18 Å². The van der Waals surface area contributed by atoms with Crippen LogP contribution >= 0.6 is 0 Å². The first-order valence-corrected chi connectivity index (χ1v) is 8.52. The molecule has 1 aliphatic rings. The monoisotopic (exact) mass is 326 g/mol. The van der Waals surface area contributed by atoms with E-state index in [-0.39, 0.29) is 11.7 Å². The molecule has 0 aliphatic heterocycles. The van der Waals surface area contributed by atoms with Gasteiger partial charge in [0.1, 0.15) is 5.82 Å². The van der Waals surface area contributed by atoms with Crippen LogP contribution in [0.1, 0.15) is 49.7 Å². The molecule has 4 heteroatoms. The molecule has 0 bridgehead atoms. The number of aryl methyl sites for hydroxylation is 1. The van der Waals surface area contributed by atoms with Crippen molar-refractivity contribution in [2.45, 2.75) is 51.5 Å². The molecule has 1 aromatic carbocycles. The zero-order chi connectivity index (χ0) is 17.1. The lowest BCUT2D eigenvalue weighted by atomic mass is 9.81. The third-order valence-corrected chi connectivity index (χ3v) is 4.86. The summed E-state index contributed by atoms with van der Waals surface area (Å²) in [6.45, 7) is 3.33. The second-order valence-corrected chi connectivity index (χ2v) is 6.69. The Hall–Kier alpha value is -2.23. The molecular formula is C20H23FN2O. The first-order chi connectivity index (χ1) is 11.5. The van der Waals surface area contributed by atoms with E-state index in [1.54, 1.807) is 26.0 Å². The minimum Gasteiger partial charge on any atom is -0.354 e. The lowest BCUT2D eigenvalue weighted by Crippen LogP contribution is -2.35. The summed E-state index contributed by atoms with van der Waals surface area (Å²) in [7, 11) is 0. The second-order valence-electron chi connectivity index (χ2n) is 6.69. The van der Waals surface area contributed by atoms with Gasteiger partial charge in [0.2, 0.25) is 5.91 Å². The Bertz CT molecular complexity index is 736. The number of pyridine rings is 1. The van der Waals surface area contributed by atoms with Crippen LogP contribution in [-0.4, -0.2) is 16.9 Å². The standard InChI is InChI=1S/C20H23FN2O/c1-13-3-4-17(11-19(13)21)20-12-16(9-10-22-20)15-5-7-18(8-6-15)23-14(2)24/h3-4,9-12,15,18H,5-8H2,1-2H3,(H,23,24). The van der Waals surface area contributed by atoms with Crippen LogP contribution in [0.15, 0.2) is 36.5 Å². The van der Waals surface area contributed by atoms with Gasteiger partial charge in [0, 0.05) is 24.7 Å². The van der Waals surface area contributed by atoms with E-state index < -0.39 is 0 Å². The highest BCUT2D eigenvalue weighted by molar-refractivity contribution is 5.73. The van der Waals surface area contributed by atoms with Crippen molar-refractivity contribution >= 4 is 5.91 Å². The molecule has 0 radical (unpaired) electrons. The topological polar surface area (TPSA) is 42.0 Å². The Morgan fingerprint density at radius 2 is 1.92 bits per heavy atom. The molecule has 1 amide bonds. The summed E-state index contributed by atoms with van der Waals surface area (Å²) in [6, 6.07) is 9.68. The van der Waals surface area contributed by atoms with Crippen LogP contribution < -0.4 is 5.32 Å². The van der Waals surface area contributed by atoms with E-state index in [0.717, 1.165) is 36.9 Å². The maximum atomic E-state index is 13.8. The molecule has 0 saturated heterocycles. The molecule has 0 spiro atoms. The first-order valence-electron chi connectivity index (χ1n) is 8.52. The lowest BCUT2D eigenvalue weighted by Gasteiger charge is -2.29. The Morgan fingerprint density at radius 1 is 1.17 bits per heavy atom. The summed E-state index contributed by atoms with van der Waals surface area (Å²) < 4.78 is 13.8. The predicted octanol–water partition coefficient (Wildman–Crippen LogP) is 4.36. The molecule has 1 aliphatic carbocycles. The summed E-state index contributed by atoms with van der Waals surface area (Å²) in [5, 5.41) is 3.01. The van der Waals surface area contributed by atoms with Gasteiger partial charge in [-0.3, -0.25) is 9.78 Å². The zero-order valence-electron chi connectivity index (χ0n) is 14.2. The largest absolute Gasteiger partial charge is 0.354 e. The summed E-state index contributed by atoms with van der Waals surface area (Å²) >= 11 is 0. The van der Waals surface area contributed by atoms with E-state index in [0.29, 0.717) is 17.5 Å². The number of nitrogens with zero attached hydrogens (tertiary/aromatic N) is 1. The fraction of sp³-hybridized carbons (Fsp3) is 0.400. The highest BCUT2D eigenvalue weighted by Crippen LogP contribution is 2.34. The van der Waals surface area contributed by atoms with Crippen molar-refractivity contribution in [3.05, 3.63) is 53.5 Å². The normalized spacial score (nSPS) is 20.6. The van der Waals surface area contributed by atoms with E-state index in [9.17, 15) is 9.18 Å². The SMILES string of the molecule is CC(=O)NC1CCC(c2ccnc(-c3ccc(C)c(F)c3)c2)CC1. The molecule has 0 atom stereocenters. The summed E-state index contributed by atoms with van der Waals surface area (Å²) in [5.41, 5.74) is 3.52. The van der Waals surface area contributed by atoms with Crippen molar-refractivity contribution in [2.75, 3.05) is 0 Å². The van der Waals surface area contributed by atoms with Crippen LogP contribution in [0.3, 0.4) is 0 Å². The van der Waals surface area contributed by atoms with Gasteiger partial charge >= 0.3 is 0 Å². The van der Waals surface area contributed by atoms with Crippen molar-refractivity contribution in [1.82, 2.24) is 10.3 Å². The molecule has 3 nitrogen and oxygen atoms in total. The highest BCUT2D eigenvalue weighted by atomic mass is 19.1. The number of aromatic nitrogens is 1. The van der Waals surface area contributed by atoms with Crippen LogP contribution in [0.25, 0.3) is 11.3 Å². The third-order valence-electron chi connectivity index (χ3n) is 4.86. The van der Waals surface area contributed by atoms with Gasteiger partial charge in [0.15, 0.2) is 0 Å². The zero-order valence-corrected chi connectivity index (χ0v) is 14.2. The quantitative estimate of drug-likeness (QED) is 0.910. The number of benzene rings is 1. The van der Waals surface area contributed by atoms with Gasteiger partial charge in [-0.25, -0.2) is 4.39 Å². The summed E-state index contributed by atoms with van der Waals surface area (Å²) in [5.74, 6) is 0.327. The minimum atomic E-state index is -0.199. The third kappa shape index (κ3) is 3.81. The molecule has 1 N–H and O–H groups in total. The van der Waals surface area contributed by atoms with Crippen LogP contribution in [0.2, 0.25) is 0 Å². The van der Waals surface area contributed by atoms with Gasteiger partial charge in [-0.15, -0.1) is 0 Å². The Kier molecular flexibility index (Phi) is 4.93. The van der Waals surface area contributed by atoms with E-state index in [1.807, 2.05) is 12.3 Å². The van der Waals surface area contributed by atoms with E-state index in [2.05, 4.69) is 22.4 Å². The van der Waals surface area contributed by atoms with Crippen LogP contribution in [0.4, 0.5) is 4.39 Å². The number of rotatable bonds is 3. The minimum absolute atomic E-state index is 0.0473. The van der Waals surface area contributed by atoms with Crippen LogP contribution in [0, 0.1) is 12.7 Å². The molecule has 126 valence electrons. The molecule has 24 heavy (non-hydrogen) atoms. The molecule has 1 saturated carbocycles. The number of amides is 1. The predicted molar refractivity (Wildman–Crippen MR) is 93.2 cm³/mol. The van der Waals surface area contributed by atoms with Gasteiger partial charge in [-0.2, -0.15) is 0 Å². The number of halogens is 1. The number of carbonyl (C=O) groups excluding carboxylic acids is 1. The molecule has 1 aromatic heterocycles. The van der Waals surface area contributed by atoms with Crippen LogP contribution in [-0.2, 0) is 4.79 Å². The smallest absolute Gasteiger partial charge is 0.217 e. The van der Waals surface area contributed by atoms with E-state index >= 15 is 0 Å². The number of nitrogens with one attached hydrogen (secondary N) is 1. The van der Waals surface area contributed by atoms with Crippen LogP contribution in [0.5, 0.6) is 0 Å². The highest BCUT2D eigenvalue weighted by Gasteiger charge is 2.23. The Morgan fingerprint density at radius 3 is 2.58 bits per heavy atom. The molecule has 1 heterocycles. The fourth-order valence-electron chi connectivity index (χ4n) is 3.47. The number of hydrogen-bond donors (Lipinski definition) is 1. The van der Waals surface area contributed by atoms with Gasteiger partial charge < -0.3 is 5.32 Å². The summed E-state index contributed by atoms with van der Waals surface area (Å²) in [6.07, 6.45) is 5.91. The average molecular weight is 326 g/mol. The molecular weight excluding hydrogens is 303 g/mol. The maximum absolute atomic E-state index is 13.8. The maximum Gasteiger partial charge on any atom is 0.217 e. The summed E-state index contributed by atoms with van der Waals surface area (Å²) in [4.78, 5) is 15.6. The lowest BCUT2D eigenvalue weighted by molar-refractivity contribution is -0.119. The Labute approximate surface area is 142 Å². The molecule has 3 rings (SSSR count). The number of carbonyl (C=O) groups is 1. The number of hydrogen-bond acceptors (Lipinski definition) is 2. The van der Waals surface area contributed by atoms with E-state index in [4.69, 9.17) is 0 Å². The molecule has 0 unspecified atom stereocenters. The van der Waals surface area contributed by atoms with Crippen molar-refractivity contribution in [3.63, 3.8) is 0 Å². The Balaban J connectivity index is 1.74. The molecule has 2 aromatic rings. The van der Waals surface area contributed by atoms with Crippen molar-refractivity contribution in [2.24, 2.45) is 0 Å². The average Bonchev–Trinajstić information content (AvgIpc) is 2.58. The second kappa shape index (κ2) is 7.12. The van der Waals surface area contributed by atoms with E-state index in [1.165, 1.54) is 5.56 Å². The molecule has 1 fully saturated rings. The van der Waals surface area contributed by atoms with Gasteiger partial charge in [-0.05, 0) is 67.9 Å². The van der Waals surface area contributed by atoms with Crippen molar-refractivity contribution in [1.29, 1.82) is 0 Å². The first kappa shape index (κ1) is 16.6. The fourth-order valence-corrected chi connectivity index (χ4v) is 3.47. The van der Waals surface area contributed by atoms with Gasteiger partial charge in [0.05, 0.1) is 5.69 Å². The van der Waals surface area contributed by atoms with Crippen molar-refractivity contribution in [3.8, 4) is 11.3 Å².